The van der Waals surface area contributed by atoms with E-state index in [2.05, 4.69) is 9.47 Å². The first-order valence-corrected chi connectivity index (χ1v) is 4.33. The first-order valence-electron chi connectivity index (χ1n) is 4.33. The molecule has 4 nitrogen and oxygen atoms in total. The van der Waals surface area contributed by atoms with Crippen molar-refractivity contribution in [1.82, 2.24) is 0 Å². The molecule has 0 N–H and O–H groups in total. The van der Waals surface area contributed by atoms with Gasteiger partial charge in [0.2, 0.25) is 0 Å². The molecular formula is C9H11F3O4. The van der Waals surface area contributed by atoms with Crippen molar-refractivity contribution in [1.29, 1.82) is 0 Å². The fraction of sp³-hybridized carbons (Fsp3) is 0.556. The van der Waals surface area contributed by atoms with Crippen LogP contribution < -0.4 is 0 Å². The Hall–Kier alpha value is -1.53. The second-order valence-corrected chi connectivity index (χ2v) is 3.04. The molecule has 0 amide bonds. The number of esters is 2. The number of halogens is 3. The van der Waals surface area contributed by atoms with Crippen LogP contribution in [0.5, 0.6) is 0 Å². The molecule has 0 radical (unpaired) electrons. The van der Waals surface area contributed by atoms with E-state index >= 15 is 0 Å². The normalized spacial score (nSPS) is 11.9. The first-order chi connectivity index (χ1) is 7.20. The highest BCUT2D eigenvalue weighted by molar-refractivity contribution is 5.91. The molecule has 0 saturated carbocycles. The lowest BCUT2D eigenvalue weighted by Crippen LogP contribution is -2.19. The Balaban J connectivity index is 3.96. The lowest BCUT2D eigenvalue weighted by molar-refractivity contribution is -0.182. The molecule has 0 rings (SSSR count). The zero-order valence-electron chi connectivity index (χ0n) is 8.71. The Morgan fingerprint density at radius 2 is 1.69 bits per heavy atom. The average Bonchev–Trinajstić information content (AvgIpc) is 2.09. The molecule has 92 valence electrons. The summed E-state index contributed by atoms with van der Waals surface area (Å²) < 4.78 is 43.2. The van der Waals surface area contributed by atoms with Crippen LogP contribution in [0.1, 0.15) is 13.8 Å². The van der Waals surface area contributed by atoms with E-state index < -0.39 is 24.7 Å². The van der Waals surface area contributed by atoms with Gasteiger partial charge in [0, 0.05) is 12.2 Å². The minimum atomic E-state index is -4.58. The van der Waals surface area contributed by atoms with Crippen molar-refractivity contribution in [3.8, 4) is 0 Å². The molecule has 0 fully saturated rings. The van der Waals surface area contributed by atoms with Gasteiger partial charge in [-0.25, -0.2) is 9.59 Å². The van der Waals surface area contributed by atoms with Gasteiger partial charge in [0.05, 0.1) is 6.10 Å². The molecule has 0 saturated heterocycles. The maximum absolute atomic E-state index is 11.6. The van der Waals surface area contributed by atoms with E-state index in [0.29, 0.717) is 12.2 Å². The Kier molecular flexibility index (Phi) is 5.55. The third-order valence-corrected chi connectivity index (χ3v) is 1.09. The molecule has 7 heteroatoms. The summed E-state index contributed by atoms with van der Waals surface area (Å²) in [5.41, 5.74) is 0. The minimum absolute atomic E-state index is 0.372. The maximum atomic E-state index is 11.6. The maximum Gasteiger partial charge on any atom is 0.422 e. The Labute approximate surface area is 90.0 Å². The fourth-order valence-corrected chi connectivity index (χ4v) is 0.609. The molecule has 0 unspecified atom stereocenters. The quantitative estimate of drug-likeness (QED) is 0.553. The number of hydrogen-bond donors (Lipinski definition) is 0. The van der Waals surface area contributed by atoms with Gasteiger partial charge in [-0.2, -0.15) is 13.2 Å². The Morgan fingerprint density at radius 1 is 1.19 bits per heavy atom. The van der Waals surface area contributed by atoms with Gasteiger partial charge in [-0.3, -0.25) is 0 Å². The van der Waals surface area contributed by atoms with Crippen molar-refractivity contribution < 1.29 is 32.2 Å². The summed E-state index contributed by atoms with van der Waals surface area (Å²) >= 11 is 0. The van der Waals surface area contributed by atoms with Crippen LogP contribution in [0.15, 0.2) is 12.2 Å². The largest absolute Gasteiger partial charge is 0.460 e. The summed E-state index contributed by atoms with van der Waals surface area (Å²) in [7, 11) is 0. The summed E-state index contributed by atoms with van der Waals surface area (Å²) in [6.45, 7) is 1.50. The van der Waals surface area contributed by atoms with E-state index in [4.69, 9.17) is 0 Å². The van der Waals surface area contributed by atoms with Crippen molar-refractivity contribution in [2.45, 2.75) is 26.1 Å². The lowest BCUT2D eigenvalue weighted by atomic mass is 10.4. The monoisotopic (exact) mass is 240 g/mol. The number of hydrogen-bond acceptors (Lipinski definition) is 4. The minimum Gasteiger partial charge on any atom is -0.460 e. The predicted octanol–water partition coefficient (Wildman–Crippen LogP) is 1.60. The van der Waals surface area contributed by atoms with Gasteiger partial charge in [0.1, 0.15) is 0 Å². The van der Waals surface area contributed by atoms with Crippen molar-refractivity contribution in [3.63, 3.8) is 0 Å². The van der Waals surface area contributed by atoms with Crippen LogP contribution in [0, 0.1) is 0 Å². The van der Waals surface area contributed by atoms with Gasteiger partial charge in [-0.1, -0.05) is 0 Å². The molecule has 0 aliphatic carbocycles. The second-order valence-electron chi connectivity index (χ2n) is 3.04. The van der Waals surface area contributed by atoms with Crippen LogP contribution in [0.2, 0.25) is 0 Å². The van der Waals surface area contributed by atoms with E-state index in [1.165, 1.54) is 0 Å². The third kappa shape index (κ3) is 9.04. The smallest absolute Gasteiger partial charge is 0.422 e. The molecule has 0 aliphatic rings. The van der Waals surface area contributed by atoms with Gasteiger partial charge < -0.3 is 9.47 Å². The van der Waals surface area contributed by atoms with Crippen molar-refractivity contribution in [3.05, 3.63) is 12.2 Å². The molecular weight excluding hydrogens is 229 g/mol. The van der Waals surface area contributed by atoms with Crippen molar-refractivity contribution in [2.24, 2.45) is 0 Å². The standard InChI is InChI=1S/C9H11F3O4/c1-6(2)16-8(14)4-3-7(13)15-5-9(10,11)12/h3-4,6H,5H2,1-2H3. The molecule has 0 bridgehead atoms. The van der Waals surface area contributed by atoms with E-state index in [0.717, 1.165) is 0 Å². The summed E-state index contributed by atoms with van der Waals surface area (Å²) in [6.07, 6.45) is -3.67. The highest BCUT2D eigenvalue weighted by atomic mass is 19.4. The Bertz CT molecular complexity index is 281. The van der Waals surface area contributed by atoms with Gasteiger partial charge in [-0.15, -0.1) is 0 Å². The van der Waals surface area contributed by atoms with Gasteiger partial charge in [0.25, 0.3) is 0 Å². The van der Waals surface area contributed by atoms with Crippen molar-refractivity contribution in [2.75, 3.05) is 6.61 Å². The van der Waals surface area contributed by atoms with E-state index in [9.17, 15) is 22.8 Å². The van der Waals surface area contributed by atoms with E-state index in [1.54, 1.807) is 13.8 Å². The predicted molar refractivity (Wildman–Crippen MR) is 47.4 cm³/mol. The summed E-state index contributed by atoms with van der Waals surface area (Å²) in [5.74, 6) is -2.07. The lowest BCUT2D eigenvalue weighted by Gasteiger charge is -2.05. The van der Waals surface area contributed by atoms with E-state index in [1.807, 2.05) is 0 Å². The van der Waals surface area contributed by atoms with Crippen LogP contribution >= 0.6 is 0 Å². The van der Waals surface area contributed by atoms with Gasteiger partial charge in [-0.05, 0) is 13.8 Å². The van der Waals surface area contributed by atoms with Crippen LogP contribution in [-0.2, 0) is 19.1 Å². The number of alkyl halides is 3. The molecule has 16 heavy (non-hydrogen) atoms. The number of carbonyl (C=O) groups excluding carboxylic acids is 2. The molecule has 0 atom stereocenters. The fourth-order valence-electron chi connectivity index (χ4n) is 0.609. The number of ether oxygens (including phenoxy) is 2. The first kappa shape index (κ1) is 14.5. The van der Waals surface area contributed by atoms with E-state index in [-0.39, 0.29) is 6.10 Å². The highest BCUT2D eigenvalue weighted by Gasteiger charge is 2.29. The zero-order chi connectivity index (χ0) is 12.8. The molecule has 0 aromatic heterocycles. The Morgan fingerprint density at radius 3 is 2.12 bits per heavy atom. The SMILES string of the molecule is CC(C)OC(=O)C=CC(=O)OCC(F)(F)F. The summed E-state index contributed by atoms with van der Waals surface area (Å²) in [5, 5.41) is 0. The van der Waals surface area contributed by atoms with Crippen LogP contribution in [0.25, 0.3) is 0 Å². The van der Waals surface area contributed by atoms with Crippen LogP contribution in [0.4, 0.5) is 13.2 Å². The number of carbonyl (C=O) groups is 2. The van der Waals surface area contributed by atoms with Crippen molar-refractivity contribution >= 4 is 11.9 Å². The third-order valence-electron chi connectivity index (χ3n) is 1.09. The molecule has 0 aromatic rings. The summed E-state index contributed by atoms with van der Waals surface area (Å²) in [6, 6.07) is 0. The highest BCUT2D eigenvalue weighted by Crippen LogP contribution is 2.14. The van der Waals surface area contributed by atoms with Gasteiger partial charge >= 0.3 is 18.1 Å². The molecule has 0 heterocycles. The number of rotatable bonds is 4. The summed E-state index contributed by atoms with van der Waals surface area (Å²) in [4.78, 5) is 21.5. The topological polar surface area (TPSA) is 52.6 Å². The average molecular weight is 240 g/mol. The zero-order valence-corrected chi connectivity index (χ0v) is 8.71. The molecule has 0 aromatic carbocycles. The van der Waals surface area contributed by atoms with Crippen LogP contribution in [0.3, 0.4) is 0 Å². The second kappa shape index (κ2) is 6.14. The molecule has 0 spiro atoms. The molecule has 0 aliphatic heterocycles. The van der Waals surface area contributed by atoms with Crippen LogP contribution in [-0.4, -0.2) is 30.8 Å². The van der Waals surface area contributed by atoms with Gasteiger partial charge in [0.15, 0.2) is 6.61 Å².